The number of hydrogen-bond acceptors (Lipinski definition) is 3. The highest BCUT2D eigenvalue weighted by atomic mass is 15.2. The largest absolute Gasteiger partial charge is 0.329 e. The fourth-order valence-electron chi connectivity index (χ4n) is 4.00. The zero-order chi connectivity index (χ0) is 13.7. The predicted octanol–water partition coefficient (Wildman–Crippen LogP) is 2.17. The van der Waals surface area contributed by atoms with Crippen molar-refractivity contribution in [2.45, 2.75) is 51.0 Å². The Bertz CT molecular complexity index is 250. The van der Waals surface area contributed by atoms with Gasteiger partial charge in [-0.25, -0.2) is 0 Å². The lowest BCUT2D eigenvalue weighted by Gasteiger charge is -2.33. The summed E-state index contributed by atoms with van der Waals surface area (Å²) in [4.78, 5) is 5.01. The minimum Gasteiger partial charge on any atom is -0.329 e. The molecular formula is C16H33N3. The van der Waals surface area contributed by atoms with Crippen LogP contribution in [0, 0.1) is 11.8 Å². The van der Waals surface area contributed by atoms with Gasteiger partial charge in [-0.1, -0.05) is 32.1 Å². The fourth-order valence-corrected chi connectivity index (χ4v) is 4.00. The van der Waals surface area contributed by atoms with Gasteiger partial charge < -0.3 is 15.5 Å². The van der Waals surface area contributed by atoms with Gasteiger partial charge in [-0.05, 0) is 45.3 Å². The van der Waals surface area contributed by atoms with Crippen LogP contribution in [0.25, 0.3) is 0 Å². The topological polar surface area (TPSA) is 32.5 Å². The quantitative estimate of drug-likeness (QED) is 0.800. The van der Waals surface area contributed by atoms with Crippen LogP contribution in [-0.2, 0) is 0 Å². The minimum atomic E-state index is 0.606. The van der Waals surface area contributed by atoms with Gasteiger partial charge in [0.05, 0.1) is 0 Å². The molecule has 1 saturated heterocycles. The molecule has 0 aromatic heterocycles. The van der Waals surface area contributed by atoms with Crippen molar-refractivity contribution in [2.24, 2.45) is 17.6 Å². The van der Waals surface area contributed by atoms with E-state index in [1.807, 2.05) is 0 Å². The molecule has 3 nitrogen and oxygen atoms in total. The first kappa shape index (κ1) is 15.3. The van der Waals surface area contributed by atoms with Gasteiger partial charge in [-0.2, -0.15) is 0 Å². The average molecular weight is 267 g/mol. The van der Waals surface area contributed by atoms with Gasteiger partial charge in [0.25, 0.3) is 0 Å². The predicted molar refractivity (Wildman–Crippen MR) is 82.3 cm³/mol. The van der Waals surface area contributed by atoms with Crippen molar-refractivity contribution < 1.29 is 0 Å². The Balaban J connectivity index is 1.75. The molecule has 2 fully saturated rings. The summed E-state index contributed by atoms with van der Waals surface area (Å²) in [5.41, 5.74) is 6.04. The van der Waals surface area contributed by atoms with Crippen molar-refractivity contribution in [2.75, 3.05) is 40.3 Å². The first-order valence-corrected chi connectivity index (χ1v) is 8.28. The number of nitrogens with two attached hydrogens (primary N) is 1. The van der Waals surface area contributed by atoms with Gasteiger partial charge >= 0.3 is 0 Å². The molecule has 1 saturated carbocycles. The van der Waals surface area contributed by atoms with Crippen molar-refractivity contribution in [3.05, 3.63) is 0 Å². The lowest BCUT2D eigenvalue weighted by atomic mass is 9.84. The van der Waals surface area contributed by atoms with Gasteiger partial charge in [0.2, 0.25) is 0 Å². The molecular weight excluding hydrogens is 234 g/mol. The molecule has 2 N–H and O–H groups in total. The lowest BCUT2D eigenvalue weighted by Crippen LogP contribution is -2.42. The van der Waals surface area contributed by atoms with Gasteiger partial charge in [-0.15, -0.1) is 0 Å². The van der Waals surface area contributed by atoms with E-state index in [2.05, 4.69) is 23.9 Å². The monoisotopic (exact) mass is 267 g/mol. The van der Waals surface area contributed by atoms with Crippen LogP contribution >= 0.6 is 0 Å². The van der Waals surface area contributed by atoms with Crippen LogP contribution in [-0.4, -0.2) is 56.1 Å². The van der Waals surface area contributed by atoms with Crippen LogP contribution < -0.4 is 5.73 Å². The van der Waals surface area contributed by atoms with Crippen molar-refractivity contribution in [3.63, 3.8) is 0 Å². The molecule has 1 heterocycles. The Hall–Kier alpha value is -0.120. The molecule has 112 valence electrons. The third-order valence-corrected chi connectivity index (χ3v) is 5.26. The Labute approximate surface area is 119 Å². The number of rotatable bonds is 6. The molecule has 2 unspecified atom stereocenters. The molecule has 3 heteroatoms. The second kappa shape index (κ2) is 7.61. The maximum atomic E-state index is 6.04. The van der Waals surface area contributed by atoms with E-state index in [1.54, 1.807) is 0 Å². The van der Waals surface area contributed by atoms with E-state index in [-0.39, 0.29) is 0 Å². The molecule has 0 bridgehead atoms. The standard InChI is InChI=1S/C16H33N3/c1-18-9-8-15(12-18)13-19(2)16(11-17)10-14-6-4-3-5-7-14/h14-16H,3-13,17H2,1-2H3. The zero-order valence-electron chi connectivity index (χ0n) is 13.0. The Morgan fingerprint density at radius 1 is 1.16 bits per heavy atom. The van der Waals surface area contributed by atoms with Crippen molar-refractivity contribution >= 4 is 0 Å². The smallest absolute Gasteiger partial charge is 0.0218 e. The van der Waals surface area contributed by atoms with Crippen LogP contribution in [0.1, 0.15) is 44.9 Å². The van der Waals surface area contributed by atoms with Gasteiger partial charge in [-0.3, -0.25) is 0 Å². The third kappa shape index (κ3) is 4.73. The van der Waals surface area contributed by atoms with Gasteiger partial charge in [0, 0.05) is 25.7 Å². The fraction of sp³-hybridized carbons (Fsp3) is 1.00. The van der Waals surface area contributed by atoms with Gasteiger partial charge in [0.15, 0.2) is 0 Å². The van der Waals surface area contributed by atoms with E-state index in [4.69, 9.17) is 5.73 Å². The Morgan fingerprint density at radius 2 is 1.89 bits per heavy atom. The summed E-state index contributed by atoms with van der Waals surface area (Å²) in [7, 11) is 4.53. The second-order valence-electron chi connectivity index (χ2n) is 6.99. The molecule has 0 spiro atoms. The molecule has 0 aromatic rings. The first-order chi connectivity index (χ1) is 9.19. The van der Waals surface area contributed by atoms with E-state index < -0.39 is 0 Å². The second-order valence-corrected chi connectivity index (χ2v) is 6.99. The van der Waals surface area contributed by atoms with E-state index in [0.717, 1.165) is 18.4 Å². The van der Waals surface area contributed by atoms with Crippen molar-refractivity contribution in [3.8, 4) is 0 Å². The Kier molecular flexibility index (Phi) is 6.11. The summed E-state index contributed by atoms with van der Waals surface area (Å²) in [6, 6.07) is 0.606. The van der Waals surface area contributed by atoms with E-state index in [0.29, 0.717) is 6.04 Å². The molecule has 2 rings (SSSR count). The number of likely N-dealkylation sites (N-methyl/N-ethyl adjacent to an activating group) is 1. The van der Waals surface area contributed by atoms with Crippen LogP contribution in [0.2, 0.25) is 0 Å². The molecule has 0 radical (unpaired) electrons. The molecule has 1 aliphatic carbocycles. The van der Waals surface area contributed by atoms with Crippen molar-refractivity contribution in [1.29, 1.82) is 0 Å². The lowest BCUT2D eigenvalue weighted by molar-refractivity contribution is 0.169. The van der Waals surface area contributed by atoms with E-state index >= 15 is 0 Å². The minimum absolute atomic E-state index is 0.606. The SMILES string of the molecule is CN1CCC(CN(C)C(CN)CC2CCCCC2)C1. The van der Waals surface area contributed by atoms with E-state index in [9.17, 15) is 0 Å². The number of hydrogen-bond donors (Lipinski definition) is 1. The highest BCUT2D eigenvalue weighted by Crippen LogP contribution is 2.28. The highest BCUT2D eigenvalue weighted by molar-refractivity contribution is 4.81. The summed E-state index contributed by atoms with van der Waals surface area (Å²) >= 11 is 0. The normalized spacial score (nSPS) is 28.1. The van der Waals surface area contributed by atoms with Gasteiger partial charge in [0.1, 0.15) is 0 Å². The Morgan fingerprint density at radius 3 is 2.47 bits per heavy atom. The average Bonchev–Trinajstić information content (AvgIpc) is 2.82. The first-order valence-electron chi connectivity index (χ1n) is 8.28. The third-order valence-electron chi connectivity index (χ3n) is 5.26. The summed E-state index contributed by atoms with van der Waals surface area (Å²) in [6.07, 6.45) is 9.91. The molecule has 2 aliphatic rings. The molecule has 2 atom stereocenters. The summed E-state index contributed by atoms with van der Waals surface area (Å²) < 4.78 is 0. The summed E-state index contributed by atoms with van der Waals surface area (Å²) in [6.45, 7) is 4.61. The zero-order valence-corrected chi connectivity index (χ0v) is 13.0. The number of nitrogens with zero attached hydrogens (tertiary/aromatic N) is 2. The highest BCUT2D eigenvalue weighted by Gasteiger charge is 2.25. The van der Waals surface area contributed by atoms with Crippen LogP contribution in [0.5, 0.6) is 0 Å². The molecule has 19 heavy (non-hydrogen) atoms. The summed E-state index contributed by atoms with van der Waals surface area (Å²) in [5, 5.41) is 0. The maximum Gasteiger partial charge on any atom is 0.0218 e. The molecule has 0 amide bonds. The van der Waals surface area contributed by atoms with Crippen LogP contribution in [0.4, 0.5) is 0 Å². The van der Waals surface area contributed by atoms with Crippen LogP contribution in [0.3, 0.4) is 0 Å². The summed E-state index contributed by atoms with van der Waals surface area (Å²) in [5.74, 6) is 1.80. The molecule has 1 aliphatic heterocycles. The van der Waals surface area contributed by atoms with E-state index in [1.165, 1.54) is 64.6 Å². The number of likely N-dealkylation sites (tertiary alicyclic amines) is 1. The molecule has 0 aromatic carbocycles. The maximum absolute atomic E-state index is 6.04. The van der Waals surface area contributed by atoms with Crippen molar-refractivity contribution in [1.82, 2.24) is 9.80 Å². The van der Waals surface area contributed by atoms with Crippen LogP contribution in [0.15, 0.2) is 0 Å².